The third kappa shape index (κ3) is 2.05. The Morgan fingerprint density at radius 3 is 2.88 bits per heavy atom. The minimum Gasteiger partial charge on any atom is -0.496 e. The summed E-state index contributed by atoms with van der Waals surface area (Å²) < 4.78 is 18.7. The lowest BCUT2D eigenvalue weighted by atomic mass is 9.96. The number of methoxy groups -OCH3 is 1. The molecule has 1 N–H and O–H groups in total. The first-order valence-electron chi connectivity index (χ1n) is 5.86. The molecular formula is C13H18FNO. The summed E-state index contributed by atoms with van der Waals surface area (Å²) >= 11 is 0. The van der Waals surface area contributed by atoms with Crippen LogP contribution in [0.3, 0.4) is 0 Å². The summed E-state index contributed by atoms with van der Waals surface area (Å²) in [5, 5.41) is 3.40. The fraction of sp³-hybridized carbons (Fsp3) is 0.538. The lowest BCUT2D eigenvalue weighted by molar-refractivity contribution is 0.404. The number of benzene rings is 1. The summed E-state index contributed by atoms with van der Waals surface area (Å²) in [4.78, 5) is 0. The SMILES string of the molecule is CCc1c(OC)cc(F)cc1C1CCCN1. The van der Waals surface area contributed by atoms with Crippen molar-refractivity contribution in [3.05, 3.63) is 29.1 Å². The van der Waals surface area contributed by atoms with Crippen LogP contribution in [0.4, 0.5) is 4.39 Å². The average Bonchev–Trinajstić information content (AvgIpc) is 2.81. The van der Waals surface area contributed by atoms with Gasteiger partial charge in [-0.2, -0.15) is 0 Å². The summed E-state index contributed by atoms with van der Waals surface area (Å²) in [5.74, 6) is 0.462. The van der Waals surface area contributed by atoms with E-state index >= 15 is 0 Å². The molecule has 1 aliphatic heterocycles. The van der Waals surface area contributed by atoms with Crippen LogP contribution in [0.25, 0.3) is 0 Å². The maximum atomic E-state index is 13.5. The van der Waals surface area contributed by atoms with E-state index in [0.717, 1.165) is 36.9 Å². The molecule has 1 heterocycles. The molecule has 0 bridgehead atoms. The maximum absolute atomic E-state index is 13.5. The van der Waals surface area contributed by atoms with Gasteiger partial charge in [0.2, 0.25) is 0 Å². The van der Waals surface area contributed by atoms with Crippen LogP contribution in [0.15, 0.2) is 12.1 Å². The van der Waals surface area contributed by atoms with E-state index in [4.69, 9.17) is 4.74 Å². The minimum atomic E-state index is -0.210. The lowest BCUT2D eigenvalue weighted by Crippen LogP contribution is -2.15. The number of halogens is 1. The Morgan fingerprint density at radius 2 is 2.31 bits per heavy atom. The van der Waals surface area contributed by atoms with Gasteiger partial charge in [-0.05, 0) is 43.0 Å². The van der Waals surface area contributed by atoms with E-state index < -0.39 is 0 Å². The number of nitrogens with one attached hydrogen (secondary N) is 1. The Balaban J connectivity index is 2.44. The highest BCUT2D eigenvalue weighted by Gasteiger charge is 2.21. The van der Waals surface area contributed by atoms with E-state index in [1.54, 1.807) is 13.2 Å². The quantitative estimate of drug-likeness (QED) is 0.850. The molecule has 0 radical (unpaired) electrons. The first kappa shape index (κ1) is 11.4. The van der Waals surface area contributed by atoms with Gasteiger partial charge in [0.1, 0.15) is 11.6 Å². The highest BCUT2D eigenvalue weighted by molar-refractivity contribution is 5.42. The van der Waals surface area contributed by atoms with Crippen molar-refractivity contribution >= 4 is 0 Å². The van der Waals surface area contributed by atoms with Gasteiger partial charge in [0.05, 0.1) is 7.11 Å². The molecule has 1 unspecified atom stereocenters. The van der Waals surface area contributed by atoms with Crippen LogP contribution in [0.1, 0.15) is 36.9 Å². The normalized spacial score (nSPS) is 20.1. The summed E-state index contributed by atoms with van der Waals surface area (Å²) in [6.07, 6.45) is 3.11. The highest BCUT2D eigenvalue weighted by Crippen LogP contribution is 2.32. The molecule has 0 spiro atoms. The molecule has 0 aliphatic carbocycles. The molecule has 88 valence electrons. The molecule has 1 saturated heterocycles. The Labute approximate surface area is 95.8 Å². The van der Waals surface area contributed by atoms with Crippen LogP contribution in [0.2, 0.25) is 0 Å². The summed E-state index contributed by atoms with van der Waals surface area (Å²) in [6.45, 7) is 3.10. The van der Waals surface area contributed by atoms with Gasteiger partial charge in [-0.1, -0.05) is 6.92 Å². The second kappa shape index (κ2) is 4.83. The predicted octanol–water partition coefficient (Wildman–Crippen LogP) is 2.82. The molecule has 1 fully saturated rings. The topological polar surface area (TPSA) is 21.3 Å². The molecule has 1 aromatic rings. The number of rotatable bonds is 3. The van der Waals surface area contributed by atoms with E-state index in [0.29, 0.717) is 11.8 Å². The van der Waals surface area contributed by atoms with Crippen molar-refractivity contribution in [2.24, 2.45) is 0 Å². The summed E-state index contributed by atoms with van der Waals surface area (Å²) in [7, 11) is 1.60. The molecule has 0 amide bonds. The monoisotopic (exact) mass is 223 g/mol. The zero-order chi connectivity index (χ0) is 11.5. The Morgan fingerprint density at radius 1 is 1.50 bits per heavy atom. The third-order valence-corrected chi connectivity index (χ3v) is 3.22. The zero-order valence-corrected chi connectivity index (χ0v) is 9.85. The van der Waals surface area contributed by atoms with Crippen molar-refractivity contribution in [3.8, 4) is 5.75 Å². The van der Waals surface area contributed by atoms with Crippen LogP contribution in [-0.2, 0) is 6.42 Å². The predicted molar refractivity (Wildman–Crippen MR) is 62.3 cm³/mol. The molecule has 0 aromatic heterocycles. The van der Waals surface area contributed by atoms with Gasteiger partial charge in [-0.15, -0.1) is 0 Å². The largest absolute Gasteiger partial charge is 0.496 e. The second-order valence-corrected chi connectivity index (χ2v) is 4.18. The minimum absolute atomic E-state index is 0.210. The van der Waals surface area contributed by atoms with Gasteiger partial charge >= 0.3 is 0 Å². The van der Waals surface area contributed by atoms with Crippen molar-refractivity contribution in [1.29, 1.82) is 0 Å². The van der Waals surface area contributed by atoms with Gasteiger partial charge in [0.15, 0.2) is 0 Å². The van der Waals surface area contributed by atoms with Crippen molar-refractivity contribution < 1.29 is 9.13 Å². The van der Waals surface area contributed by atoms with Crippen LogP contribution >= 0.6 is 0 Å². The van der Waals surface area contributed by atoms with Gasteiger partial charge < -0.3 is 10.1 Å². The van der Waals surface area contributed by atoms with Crippen LogP contribution in [-0.4, -0.2) is 13.7 Å². The standard InChI is InChI=1S/C13H18FNO/c1-3-10-11(12-5-4-6-15-12)7-9(14)8-13(10)16-2/h7-8,12,15H,3-6H2,1-2H3. The molecule has 0 saturated carbocycles. The lowest BCUT2D eigenvalue weighted by Gasteiger charge is -2.18. The first-order valence-corrected chi connectivity index (χ1v) is 5.86. The van der Waals surface area contributed by atoms with Crippen LogP contribution < -0.4 is 10.1 Å². The first-order chi connectivity index (χ1) is 7.76. The molecule has 3 heteroatoms. The van der Waals surface area contributed by atoms with E-state index in [2.05, 4.69) is 12.2 Å². The van der Waals surface area contributed by atoms with E-state index in [1.165, 1.54) is 6.07 Å². The Kier molecular flexibility index (Phi) is 3.44. The molecule has 2 rings (SSSR count). The van der Waals surface area contributed by atoms with Crippen LogP contribution in [0.5, 0.6) is 5.75 Å². The number of hydrogen-bond acceptors (Lipinski definition) is 2. The summed E-state index contributed by atoms with van der Waals surface area (Å²) in [5.41, 5.74) is 2.19. The highest BCUT2D eigenvalue weighted by atomic mass is 19.1. The van der Waals surface area contributed by atoms with Crippen molar-refractivity contribution in [2.75, 3.05) is 13.7 Å². The van der Waals surface area contributed by atoms with Gasteiger partial charge in [0, 0.05) is 12.1 Å². The van der Waals surface area contributed by atoms with E-state index in [1.807, 2.05) is 0 Å². The van der Waals surface area contributed by atoms with Crippen molar-refractivity contribution in [2.45, 2.75) is 32.2 Å². The molecule has 1 atom stereocenters. The Bertz CT molecular complexity index is 372. The molecule has 1 aromatic carbocycles. The van der Waals surface area contributed by atoms with Gasteiger partial charge in [0.25, 0.3) is 0 Å². The van der Waals surface area contributed by atoms with E-state index in [-0.39, 0.29) is 5.82 Å². The van der Waals surface area contributed by atoms with Crippen molar-refractivity contribution in [3.63, 3.8) is 0 Å². The fourth-order valence-electron chi connectivity index (χ4n) is 2.45. The fourth-order valence-corrected chi connectivity index (χ4v) is 2.45. The number of hydrogen-bond donors (Lipinski definition) is 1. The second-order valence-electron chi connectivity index (χ2n) is 4.18. The molecule has 2 nitrogen and oxygen atoms in total. The van der Waals surface area contributed by atoms with Crippen molar-refractivity contribution in [1.82, 2.24) is 5.32 Å². The van der Waals surface area contributed by atoms with Gasteiger partial charge in [-0.25, -0.2) is 4.39 Å². The molecular weight excluding hydrogens is 205 g/mol. The average molecular weight is 223 g/mol. The smallest absolute Gasteiger partial charge is 0.127 e. The molecule has 1 aliphatic rings. The van der Waals surface area contributed by atoms with E-state index in [9.17, 15) is 4.39 Å². The maximum Gasteiger partial charge on any atom is 0.127 e. The Hall–Kier alpha value is -1.09. The van der Waals surface area contributed by atoms with Gasteiger partial charge in [-0.3, -0.25) is 0 Å². The van der Waals surface area contributed by atoms with Crippen LogP contribution in [0, 0.1) is 5.82 Å². The zero-order valence-electron chi connectivity index (χ0n) is 9.85. The molecule has 16 heavy (non-hydrogen) atoms. The number of ether oxygens (including phenoxy) is 1. The summed E-state index contributed by atoms with van der Waals surface area (Å²) in [6, 6.07) is 3.40. The third-order valence-electron chi connectivity index (χ3n) is 3.22.